The van der Waals surface area contributed by atoms with Gasteiger partial charge in [0.15, 0.2) is 0 Å². The number of pyridine rings is 1. The molecule has 1 N–H and O–H groups in total. The topological polar surface area (TPSA) is 101 Å². The van der Waals surface area contributed by atoms with E-state index >= 15 is 0 Å². The van der Waals surface area contributed by atoms with Crippen molar-refractivity contribution >= 4 is 38.0 Å². The first-order valence-electron chi connectivity index (χ1n) is 14.1. The molecule has 0 saturated heterocycles. The number of aliphatic carboxylic acids is 1. The Kier molecular flexibility index (Phi) is 9.15. The van der Waals surface area contributed by atoms with Crippen LogP contribution in [0.2, 0.25) is 0 Å². The maximum Gasteiger partial charge on any atom is 0.449 e. The van der Waals surface area contributed by atoms with E-state index in [-0.39, 0.29) is 32.9 Å². The van der Waals surface area contributed by atoms with Crippen LogP contribution in [-0.2, 0) is 39.8 Å². The van der Waals surface area contributed by atoms with Crippen molar-refractivity contribution in [2.24, 2.45) is 0 Å². The Morgan fingerprint density at radius 2 is 1.62 bits per heavy atom. The molecule has 1 atom stereocenters. The molecule has 0 aliphatic carbocycles. The summed E-state index contributed by atoms with van der Waals surface area (Å²) in [5.74, 6) is -1.09. The van der Waals surface area contributed by atoms with Gasteiger partial charge in [0.05, 0.1) is 17.7 Å². The van der Waals surface area contributed by atoms with Crippen LogP contribution in [0.15, 0.2) is 94.5 Å². The smallest absolute Gasteiger partial charge is 0.449 e. The number of aryl methyl sites for hydroxylation is 1. The number of nitrogens with zero attached hydrogens (tertiary/aromatic N) is 2. The molecule has 0 spiro atoms. The molecule has 1 unspecified atom stereocenters. The van der Waals surface area contributed by atoms with Gasteiger partial charge in [0, 0.05) is 38.9 Å². The number of carboxylic acid groups (broad SMARTS) is 1. The largest absolute Gasteiger partial charge is 0.481 e. The highest BCUT2D eigenvalue weighted by atomic mass is 32.2. The summed E-state index contributed by atoms with van der Waals surface area (Å²) in [6.07, 6.45) is -7.43. The van der Waals surface area contributed by atoms with E-state index in [1.54, 1.807) is 43.3 Å². The molecule has 0 fully saturated rings. The molecule has 5 rings (SSSR count). The molecule has 7 nitrogen and oxygen atoms in total. The van der Waals surface area contributed by atoms with Crippen molar-refractivity contribution in [3.05, 3.63) is 119 Å². The van der Waals surface area contributed by atoms with E-state index in [1.807, 2.05) is 0 Å². The molecule has 250 valence electrons. The Labute approximate surface area is 270 Å². The quantitative estimate of drug-likeness (QED) is 0.125. The lowest BCUT2D eigenvalue weighted by Crippen LogP contribution is -2.31. The average Bonchev–Trinajstić information content (AvgIpc) is 3.49. The fraction of sp³-hybridized carbons (Fsp3) is 0.176. The first-order chi connectivity index (χ1) is 22.4. The second-order valence-corrected chi connectivity index (χ2v) is 13.4. The fourth-order valence-electron chi connectivity index (χ4n) is 5.25. The van der Waals surface area contributed by atoms with E-state index in [1.165, 1.54) is 18.3 Å². The first kappa shape index (κ1) is 34.2. The number of alkyl halides is 6. The van der Waals surface area contributed by atoms with Crippen molar-refractivity contribution < 1.29 is 49.7 Å². The SMILES string of the molecule is C=S(=O)(CC(=O)O)c1cncc(-c2ccc(CN(Cc3ccc(C(F)(F)F)o3)C(=O)c3c(C)ccc4ccccc34)c(C(F)(F)F)c2)c1. The number of carbonyl (C=O) groups is 2. The van der Waals surface area contributed by atoms with Crippen LogP contribution in [-0.4, -0.2) is 42.7 Å². The molecule has 1 amide bonds. The summed E-state index contributed by atoms with van der Waals surface area (Å²) in [6, 6.07) is 16.5. The third-order valence-electron chi connectivity index (χ3n) is 7.54. The third kappa shape index (κ3) is 7.38. The molecule has 0 aliphatic rings. The number of hydrogen-bond donors (Lipinski definition) is 1. The van der Waals surface area contributed by atoms with Crippen molar-refractivity contribution in [1.82, 2.24) is 9.88 Å². The van der Waals surface area contributed by atoms with Gasteiger partial charge in [-0.3, -0.25) is 18.8 Å². The molecule has 0 bridgehead atoms. The summed E-state index contributed by atoms with van der Waals surface area (Å²) in [7, 11) is -3.35. The summed E-state index contributed by atoms with van der Waals surface area (Å²) >= 11 is 0. The Bertz CT molecular complexity index is 2140. The highest BCUT2D eigenvalue weighted by Gasteiger charge is 2.37. The third-order valence-corrected chi connectivity index (χ3v) is 9.33. The number of amides is 1. The van der Waals surface area contributed by atoms with Gasteiger partial charge in [-0.25, -0.2) is 0 Å². The van der Waals surface area contributed by atoms with Gasteiger partial charge in [-0.05, 0) is 64.5 Å². The van der Waals surface area contributed by atoms with Crippen molar-refractivity contribution in [1.29, 1.82) is 0 Å². The lowest BCUT2D eigenvalue weighted by molar-refractivity contribution is -0.153. The average molecular weight is 689 g/mol. The van der Waals surface area contributed by atoms with Crippen LogP contribution >= 0.6 is 0 Å². The zero-order chi connectivity index (χ0) is 35.0. The van der Waals surface area contributed by atoms with E-state index in [0.29, 0.717) is 22.4 Å². The van der Waals surface area contributed by atoms with Crippen LogP contribution in [0.4, 0.5) is 26.3 Å². The van der Waals surface area contributed by atoms with Gasteiger partial charge >= 0.3 is 18.3 Å². The predicted molar refractivity (Wildman–Crippen MR) is 167 cm³/mol. The van der Waals surface area contributed by atoms with Crippen LogP contribution in [0.25, 0.3) is 21.9 Å². The summed E-state index contributed by atoms with van der Waals surface area (Å²) < 4.78 is 101. The second-order valence-electron chi connectivity index (χ2n) is 11.0. The standard InChI is InChI=1S/C34H26F6N2O5S/c1-20-7-8-21-5-3-4-6-27(21)31(20)32(45)42(18-25-11-12-29(47-25)34(38,39)40)17-23-10-9-22(14-28(23)33(35,36)37)24-13-26(16-41-15-24)48(2,46)19-30(43)44/h3-16H,2,17-19H2,1H3,(H,43,44). The molecule has 48 heavy (non-hydrogen) atoms. The number of carbonyl (C=O) groups excluding carboxylic acids is 1. The van der Waals surface area contributed by atoms with Crippen molar-refractivity contribution in [3.63, 3.8) is 0 Å². The van der Waals surface area contributed by atoms with Crippen LogP contribution in [0.3, 0.4) is 0 Å². The highest BCUT2D eigenvalue weighted by Crippen LogP contribution is 2.37. The number of carboxylic acids is 1. The Balaban J connectivity index is 1.59. The number of aromatic nitrogens is 1. The number of fused-ring (bicyclic) bond motifs is 1. The summed E-state index contributed by atoms with van der Waals surface area (Å²) in [4.78, 5) is 30.1. The minimum Gasteiger partial charge on any atom is -0.481 e. The molecule has 0 radical (unpaired) electrons. The van der Waals surface area contributed by atoms with Gasteiger partial charge in [0.1, 0.15) is 11.5 Å². The van der Waals surface area contributed by atoms with Crippen LogP contribution in [0, 0.1) is 6.92 Å². The Morgan fingerprint density at radius 1 is 0.896 bits per heavy atom. The first-order valence-corrected chi connectivity index (χ1v) is 16.0. The lowest BCUT2D eigenvalue weighted by atomic mass is 9.97. The summed E-state index contributed by atoms with van der Waals surface area (Å²) in [5, 5.41) is 10.3. The Hall–Kier alpha value is -5.11. The monoisotopic (exact) mass is 688 g/mol. The molecular weight excluding hydrogens is 662 g/mol. The van der Waals surface area contributed by atoms with E-state index in [9.17, 15) is 40.1 Å². The van der Waals surface area contributed by atoms with E-state index in [2.05, 4.69) is 10.9 Å². The van der Waals surface area contributed by atoms with Crippen molar-refractivity contribution in [2.45, 2.75) is 37.3 Å². The van der Waals surface area contributed by atoms with Crippen LogP contribution < -0.4 is 0 Å². The predicted octanol–water partition coefficient (Wildman–Crippen LogP) is 7.84. The molecule has 14 heteroatoms. The number of halogens is 6. The molecule has 0 aliphatic heterocycles. The van der Waals surface area contributed by atoms with E-state index in [0.717, 1.165) is 29.3 Å². The molecule has 2 aromatic heterocycles. The zero-order valence-corrected chi connectivity index (χ0v) is 25.9. The molecule has 0 saturated carbocycles. The molecule has 5 aromatic rings. The van der Waals surface area contributed by atoms with Crippen LogP contribution in [0.5, 0.6) is 0 Å². The number of rotatable bonds is 9. The molecular formula is C34H26F6N2O5S. The molecule has 2 heterocycles. The number of furan rings is 1. The number of benzene rings is 3. The summed E-state index contributed by atoms with van der Waals surface area (Å²) in [6.45, 7) is 0.400. The van der Waals surface area contributed by atoms with Crippen LogP contribution in [0.1, 0.15) is 38.6 Å². The Morgan fingerprint density at radius 3 is 2.29 bits per heavy atom. The van der Waals surface area contributed by atoms with Gasteiger partial charge in [-0.15, -0.1) is 0 Å². The maximum atomic E-state index is 14.6. The maximum absolute atomic E-state index is 14.6. The lowest BCUT2D eigenvalue weighted by Gasteiger charge is -2.26. The van der Waals surface area contributed by atoms with Gasteiger partial charge in [-0.2, -0.15) is 26.3 Å². The van der Waals surface area contributed by atoms with Gasteiger partial charge in [0.25, 0.3) is 5.91 Å². The number of hydrogen-bond acceptors (Lipinski definition) is 5. The molecule has 3 aromatic carbocycles. The van der Waals surface area contributed by atoms with E-state index in [4.69, 9.17) is 9.52 Å². The fourth-order valence-corrected chi connectivity index (χ4v) is 6.41. The van der Waals surface area contributed by atoms with Crippen molar-refractivity contribution in [3.8, 4) is 11.1 Å². The van der Waals surface area contributed by atoms with Crippen molar-refractivity contribution in [2.75, 3.05) is 5.75 Å². The minimum absolute atomic E-state index is 0.00502. The van der Waals surface area contributed by atoms with Gasteiger partial charge in [-0.1, -0.05) is 48.5 Å². The normalized spacial score (nSPS) is 13.3. The second kappa shape index (κ2) is 12.8. The minimum atomic E-state index is -4.95. The highest BCUT2D eigenvalue weighted by molar-refractivity contribution is 8.00. The van der Waals surface area contributed by atoms with Gasteiger partial charge < -0.3 is 14.4 Å². The zero-order valence-electron chi connectivity index (χ0n) is 25.1. The summed E-state index contributed by atoms with van der Waals surface area (Å²) in [5.41, 5.74) is -0.745. The van der Waals surface area contributed by atoms with Gasteiger partial charge in [0.2, 0.25) is 5.76 Å². The van der Waals surface area contributed by atoms with E-state index < -0.39 is 63.9 Å².